The average Bonchev–Trinajstić information content (AvgIpc) is 3.17. The first-order valence-electron chi connectivity index (χ1n) is 12.1. The molecule has 0 unspecified atom stereocenters. The molecule has 0 aliphatic heterocycles. The Balaban J connectivity index is 1.68. The molecule has 0 radical (unpaired) electrons. The van der Waals surface area contributed by atoms with Gasteiger partial charge in [0.2, 0.25) is 0 Å². The first kappa shape index (κ1) is 24.7. The van der Waals surface area contributed by atoms with Crippen molar-refractivity contribution in [3.8, 4) is 17.2 Å². The van der Waals surface area contributed by atoms with Crippen LogP contribution in [0.5, 0.6) is 11.5 Å². The zero-order valence-corrected chi connectivity index (χ0v) is 20.6. The summed E-state index contributed by atoms with van der Waals surface area (Å²) in [7, 11) is 0. The van der Waals surface area contributed by atoms with Gasteiger partial charge in [0.25, 0.3) is 0 Å². The van der Waals surface area contributed by atoms with Crippen LogP contribution in [0.2, 0.25) is 0 Å². The second-order valence-electron chi connectivity index (χ2n) is 9.92. The van der Waals surface area contributed by atoms with Crippen molar-refractivity contribution in [1.82, 2.24) is 15.0 Å². The van der Waals surface area contributed by atoms with E-state index in [2.05, 4.69) is 37.9 Å². The molecular formula is C27H37N3O3. The van der Waals surface area contributed by atoms with Crippen LogP contribution in [-0.4, -0.2) is 26.1 Å². The van der Waals surface area contributed by atoms with Crippen LogP contribution in [0.1, 0.15) is 90.2 Å². The van der Waals surface area contributed by atoms with Gasteiger partial charge in [-0.3, -0.25) is 4.79 Å². The molecule has 1 aromatic heterocycles. The molecule has 1 heterocycles. The van der Waals surface area contributed by atoms with Crippen molar-refractivity contribution in [3.05, 3.63) is 41.5 Å². The Labute approximate surface area is 197 Å². The van der Waals surface area contributed by atoms with Crippen molar-refractivity contribution in [2.45, 2.75) is 91.4 Å². The lowest BCUT2D eigenvalue weighted by Gasteiger charge is -2.22. The fourth-order valence-electron chi connectivity index (χ4n) is 3.96. The van der Waals surface area contributed by atoms with Gasteiger partial charge < -0.3 is 9.84 Å². The Morgan fingerprint density at radius 1 is 0.970 bits per heavy atom. The zero-order chi connectivity index (χ0) is 24.0. The first-order chi connectivity index (χ1) is 15.7. The van der Waals surface area contributed by atoms with Gasteiger partial charge >= 0.3 is 5.97 Å². The van der Waals surface area contributed by atoms with Crippen molar-refractivity contribution < 1.29 is 14.6 Å². The number of aromatic hydroxyl groups is 1. The summed E-state index contributed by atoms with van der Waals surface area (Å²) >= 11 is 0. The number of nitrogens with zero attached hydrogens (tertiary/aromatic N) is 3. The minimum atomic E-state index is -0.221. The van der Waals surface area contributed by atoms with Gasteiger partial charge in [0.15, 0.2) is 0 Å². The average molecular weight is 452 g/mol. The number of carbonyl (C=O) groups excluding carboxylic acids is 1. The number of aryl methyl sites for hydroxylation is 1. The van der Waals surface area contributed by atoms with E-state index in [4.69, 9.17) is 4.74 Å². The van der Waals surface area contributed by atoms with E-state index in [0.29, 0.717) is 28.9 Å². The lowest BCUT2D eigenvalue weighted by Crippen LogP contribution is -2.13. The van der Waals surface area contributed by atoms with E-state index in [9.17, 15) is 9.90 Å². The molecule has 3 rings (SSSR count). The smallest absolute Gasteiger partial charge is 0.311 e. The van der Waals surface area contributed by atoms with Gasteiger partial charge in [-0.15, -0.1) is 15.0 Å². The molecule has 0 saturated heterocycles. The quantitative estimate of drug-likeness (QED) is 0.209. The maximum absolute atomic E-state index is 12.2. The molecular weight excluding hydrogens is 414 g/mol. The van der Waals surface area contributed by atoms with Gasteiger partial charge in [-0.25, -0.2) is 0 Å². The number of fused-ring (bicyclic) bond motifs is 1. The molecule has 6 nitrogen and oxygen atoms in total. The van der Waals surface area contributed by atoms with Crippen LogP contribution in [0.3, 0.4) is 0 Å². The van der Waals surface area contributed by atoms with Crippen LogP contribution < -0.4 is 4.74 Å². The Morgan fingerprint density at radius 2 is 1.64 bits per heavy atom. The van der Waals surface area contributed by atoms with E-state index in [1.165, 1.54) is 36.9 Å². The summed E-state index contributed by atoms with van der Waals surface area (Å²) in [5, 5.41) is 20.0. The van der Waals surface area contributed by atoms with Gasteiger partial charge in [0.1, 0.15) is 28.2 Å². The van der Waals surface area contributed by atoms with Gasteiger partial charge in [-0.1, -0.05) is 72.3 Å². The maximum atomic E-state index is 12.2. The van der Waals surface area contributed by atoms with Crippen LogP contribution in [0.25, 0.3) is 16.7 Å². The number of hydrogen-bond donors (Lipinski definition) is 1. The fraction of sp³-hybridized carbons (Fsp3) is 0.519. The molecule has 0 aliphatic carbocycles. The summed E-state index contributed by atoms with van der Waals surface area (Å²) in [5.74, 6) is 0.419. The molecule has 0 atom stereocenters. The molecule has 0 aliphatic rings. The minimum Gasteiger partial charge on any atom is -0.505 e. The number of aromatic nitrogens is 3. The fourth-order valence-corrected chi connectivity index (χ4v) is 3.96. The minimum absolute atomic E-state index is 0.176. The van der Waals surface area contributed by atoms with E-state index in [1.54, 1.807) is 18.2 Å². The van der Waals surface area contributed by atoms with Crippen molar-refractivity contribution >= 4 is 17.0 Å². The van der Waals surface area contributed by atoms with Crippen LogP contribution in [-0.2, 0) is 10.2 Å². The Kier molecular flexibility index (Phi) is 8.11. The van der Waals surface area contributed by atoms with Crippen molar-refractivity contribution in [2.24, 2.45) is 0 Å². The van der Waals surface area contributed by atoms with E-state index in [1.807, 2.05) is 19.1 Å². The monoisotopic (exact) mass is 451 g/mol. The van der Waals surface area contributed by atoms with Crippen molar-refractivity contribution in [3.63, 3.8) is 0 Å². The molecule has 178 valence electrons. The molecule has 0 amide bonds. The maximum Gasteiger partial charge on any atom is 0.311 e. The summed E-state index contributed by atoms with van der Waals surface area (Å²) in [6.07, 6.45) is 8.55. The van der Waals surface area contributed by atoms with E-state index in [0.717, 1.165) is 24.0 Å². The van der Waals surface area contributed by atoms with E-state index >= 15 is 0 Å². The summed E-state index contributed by atoms with van der Waals surface area (Å²) in [6.45, 7) is 10.4. The molecule has 33 heavy (non-hydrogen) atoms. The Bertz CT molecular complexity index is 1100. The molecule has 0 spiro atoms. The van der Waals surface area contributed by atoms with E-state index in [-0.39, 0.29) is 17.1 Å². The first-order valence-corrected chi connectivity index (χ1v) is 12.1. The summed E-state index contributed by atoms with van der Waals surface area (Å²) in [4.78, 5) is 13.7. The zero-order valence-electron chi connectivity index (χ0n) is 20.6. The topological polar surface area (TPSA) is 77.2 Å². The number of hydrogen-bond acceptors (Lipinski definition) is 5. The van der Waals surface area contributed by atoms with E-state index < -0.39 is 0 Å². The number of phenols is 1. The second kappa shape index (κ2) is 10.8. The molecule has 0 bridgehead atoms. The van der Waals surface area contributed by atoms with Crippen LogP contribution in [0, 0.1) is 6.92 Å². The Morgan fingerprint density at radius 3 is 2.33 bits per heavy atom. The highest BCUT2D eigenvalue weighted by atomic mass is 16.5. The lowest BCUT2D eigenvalue weighted by atomic mass is 9.85. The van der Waals surface area contributed by atoms with Gasteiger partial charge in [-0.2, -0.15) is 0 Å². The number of ether oxygens (including phenoxy) is 1. The third-order valence-electron chi connectivity index (χ3n) is 5.83. The number of rotatable bonds is 10. The molecule has 0 fully saturated rings. The SMILES string of the molecule is CCCCCCCCCC(=O)Oc1ccc2nn(-c3cc(C)cc(C(C)(C)C)c3O)nc2c1. The predicted octanol–water partition coefficient (Wildman–Crippen LogP) is 6.78. The Hall–Kier alpha value is -2.89. The summed E-state index contributed by atoms with van der Waals surface area (Å²) in [5.41, 5.74) is 3.46. The van der Waals surface area contributed by atoms with Crippen LogP contribution in [0.4, 0.5) is 0 Å². The van der Waals surface area contributed by atoms with Crippen LogP contribution >= 0.6 is 0 Å². The number of benzene rings is 2. The second-order valence-corrected chi connectivity index (χ2v) is 9.92. The van der Waals surface area contributed by atoms with Gasteiger partial charge in [-0.05, 0) is 42.5 Å². The van der Waals surface area contributed by atoms with Crippen LogP contribution in [0.15, 0.2) is 30.3 Å². The molecule has 6 heteroatoms. The van der Waals surface area contributed by atoms with Crippen molar-refractivity contribution in [2.75, 3.05) is 0 Å². The number of esters is 1. The largest absolute Gasteiger partial charge is 0.505 e. The van der Waals surface area contributed by atoms with Gasteiger partial charge in [0, 0.05) is 18.1 Å². The highest BCUT2D eigenvalue weighted by molar-refractivity contribution is 5.78. The predicted molar refractivity (Wildman–Crippen MR) is 132 cm³/mol. The normalized spacial score (nSPS) is 11.8. The van der Waals surface area contributed by atoms with Gasteiger partial charge in [0.05, 0.1) is 0 Å². The van der Waals surface area contributed by atoms with Crippen molar-refractivity contribution in [1.29, 1.82) is 0 Å². The highest BCUT2D eigenvalue weighted by Gasteiger charge is 2.22. The molecule has 1 N–H and O–H groups in total. The summed E-state index contributed by atoms with van der Waals surface area (Å²) in [6, 6.07) is 9.10. The molecule has 3 aromatic rings. The number of carbonyl (C=O) groups is 1. The highest BCUT2D eigenvalue weighted by Crippen LogP contribution is 2.36. The standard InChI is InChI=1S/C27H37N3O3/c1-6-7-8-9-10-11-12-13-25(31)33-20-14-15-22-23(18-20)29-30(28-22)24-17-19(2)16-21(26(24)32)27(3,4)5/h14-18,32H,6-13H2,1-5H3. The third kappa shape index (κ3) is 6.56. The summed E-state index contributed by atoms with van der Waals surface area (Å²) < 4.78 is 5.52. The molecule has 0 saturated carbocycles. The lowest BCUT2D eigenvalue weighted by molar-refractivity contribution is -0.134. The molecule has 2 aromatic carbocycles. The number of phenolic OH excluding ortho intramolecular Hbond substituents is 1. The number of unbranched alkanes of at least 4 members (excludes halogenated alkanes) is 6. The third-order valence-corrected chi connectivity index (χ3v) is 5.83.